The number of carbonyl (C=O) groups is 3. The summed E-state index contributed by atoms with van der Waals surface area (Å²) in [4.78, 5) is 48.3. The molecule has 2 N–H and O–H groups in total. The predicted molar refractivity (Wildman–Crippen MR) is 157 cm³/mol. The summed E-state index contributed by atoms with van der Waals surface area (Å²) in [6.07, 6.45) is 9.89. The fourth-order valence-electron chi connectivity index (χ4n) is 7.07. The third-order valence-corrected chi connectivity index (χ3v) is 9.46. The molecule has 0 spiro atoms. The highest BCUT2D eigenvalue weighted by molar-refractivity contribution is 6.06. The lowest BCUT2D eigenvalue weighted by Crippen LogP contribution is -2.48. The summed E-state index contributed by atoms with van der Waals surface area (Å²) in [6.45, 7) is 9.87. The molecule has 6 rings (SSSR count). The Morgan fingerprint density at radius 1 is 1.10 bits per heavy atom. The maximum absolute atomic E-state index is 14.1. The van der Waals surface area contributed by atoms with Crippen LogP contribution in [0.5, 0.6) is 0 Å². The SMILES string of the molecule is Cc1c(C(=O)NC(CCC2CC2)C(=O)N2CCc3ccc(CN4CCCCC4)cc32)[nH]c2c1C(=O)CC(C)(C)C2. The van der Waals surface area contributed by atoms with Gasteiger partial charge < -0.3 is 15.2 Å². The van der Waals surface area contributed by atoms with Crippen molar-refractivity contribution in [2.24, 2.45) is 11.3 Å². The van der Waals surface area contributed by atoms with Gasteiger partial charge >= 0.3 is 0 Å². The van der Waals surface area contributed by atoms with Gasteiger partial charge in [0, 0.05) is 36.5 Å². The van der Waals surface area contributed by atoms with Crippen LogP contribution < -0.4 is 10.2 Å². The highest BCUT2D eigenvalue weighted by atomic mass is 16.2. The molecule has 1 saturated heterocycles. The van der Waals surface area contributed by atoms with Gasteiger partial charge in [-0.1, -0.05) is 45.2 Å². The number of H-pyrrole nitrogens is 1. The number of fused-ring (bicyclic) bond motifs is 2. The molecular weight excluding hydrogens is 500 g/mol. The molecule has 2 fully saturated rings. The summed E-state index contributed by atoms with van der Waals surface area (Å²) < 4.78 is 0. The maximum Gasteiger partial charge on any atom is 0.268 e. The van der Waals surface area contributed by atoms with E-state index in [1.54, 1.807) is 0 Å². The van der Waals surface area contributed by atoms with Crippen molar-refractivity contribution in [2.75, 3.05) is 24.5 Å². The number of ketones is 1. The Balaban J connectivity index is 1.21. The second-order valence-corrected chi connectivity index (χ2v) is 13.5. The van der Waals surface area contributed by atoms with E-state index in [-0.39, 0.29) is 23.0 Å². The Morgan fingerprint density at radius 2 is 1.88 bits per heavy atom. The van der Waals surface area contributed by atoms with Gasteiger partial charge in [-0.3, -0.25) is 19.3 Å². The van der Waals surface area contributed by atoms with Crippen molar-refractivity contribution in [3.8, 4) is 0 Å². The van der Waals surface area contributed by atoms with Crippen molar-refractivity contribution in [2.45, 2.75) is 97.6 Å². The van der Waals surface area contributed by atoms with Crippen LogP contribution >= 0.6 is 0 Å². The largest absolute Gasteiger partial charge is 0.354 e. The van der Waals surface area contributed by atoms with Crippen molar-refractivity contribution in [3.63, 3.8) is 0 Å². The van der Waals surface area contributed by atoms with Crippen LogP contribution in [0.2, 0.25) is 0 Å². The van der Waals surface area contributed by atoms with Gasteiger partial charge in [-0.05, 0) is 92.6 Å². The summed E-state index contributed by atoms with van der Waals surface area (Å²) in [5.74, 6) is 0.446. The van der Waals surface area contributed by atoms with Crippen molar-refractivity contribution in [1.29, 1.82) is 0 Å². The topological polar surface area (TPSA) is 85.5 Å². The number of aromatic amines is 1. The first-order chi connectivity index (χ1) is 19.2. The lowest BCUT2D eigenvalue weighted by molar-refractivity contribution is -0.120. The van der Waals surface area contributed by atoms with Crippen molar-refractivity contribution < 1.29 is 14.4 Å². The van der Waals surface area contributed by atoms with Gasteiger partial charge in [-0.25, -0.2) is 0 Å². The quantitative estimate of drug-likeness (QED) is 0.470. The molecule has 2 aromatic rings. The molecule has 1 unspecified atom stereocenters. The Bertz CT molecular complexity index is 1320. The first-order valence-corrected chi connectivity index (χ1v) is 15.4. The number of anilines is 1. The molecule has 40 heavy (non-hydrogen) atoms. The van der Waals surface area contributed by atoms with E-state index in [2.05, 4.69) is 47.2 Å². The Kier molecular flexibility index (Phi) is 7.36. The van der Waals surface area contributed by atoms with Crippen LogP contribution in [0, 0.1) is 18.3 Å². The molecule has 2 aliphatic heterocycles. The minimum Gasteiger partial charge on any atom is -0.354 e. The fraction of sp³-hybridized carbons (Fsp3) is 0.606. The Morgan fingerprint density at radius 3 is 2.62 bits per heavy atom. The molecule has 0 bridgehead atoms. The number of likely N-dealkylation sites (tertiary alicyclic amines) is 1. The van der Waals surface area contributed by atoms with Crippen LogP contribution in [-0.4, -0.2) is 53.2 Å². The van der Waals surface area contributed by atoms with Crippen molar-refractivity contribution >= 4 is 23.3 Å². The van der Waals surface area contributed by atoms with E-state index >= 15 is 0 Å². The zero-order chi connectivity index (χ0) is 28.0. The van der Waals surface area contributed by atoms with Gasteiger partial charge in [-0.2, -0.15) is 0 Å². The third kappa shape index (κ3) is 5.63. The van der Waals surface area contributed by atoms with Crippen molar-refractivity contribution in [3.05, 3.63) is 51.8 Å². The van der Waals surface area contributed by atoms with Gasteiger partial charge in [0.05, 0.1) is 0 Å². The number of nitrogens with zero attached hydrogens (tertiary/aromatic N) is 2. The van der Waals surface area contributed by atoms with E-state index in [9.17, 15) is 14.4 Å². The molecule has 1 aromatic carbocycles. The number of Topliss-reactive ketones (excluding diaryl/α,β-unsaturated/α-hetero) is 1. The average Bonchev–Trinajstić information content (AvgIpc) is 3.56. The molecule has 0 radical (unpaired) electrons. The zero-order valence-electron chi connectivity index (χ0n) is 24.4. The lowest BCUT2D eigenvalue weighted by Gasteiger charge is -2.28. The van der Waals surface area contributed by atoms with E-state index in [1.807, 2.05) is 11.8 Å². The first-order valence-electron chi connectivity index (χ1n) is 15.4. The molecule has 7 nitrogen and oxygen atoms in total. The monoisotopic (exact) mass is 544 g/mol. The smallest absolute Gasteiger partial charge is 0.268 e. The summed E-state index contributed by atoms with van der Waals surface area (Å²) in [5, 5.41) is 3.11. The highest BCUT2D eigenvalue weighted by Gasteiger charge is 2.37. The summed E-state index contributed by atoms with van der Waals surface area (Å²) in [6, 6.07) is 6.01. The second-order valence-electron chi connectivity index (χ2n) is 13.5. The van der Waals surface area contributed by atoms with Crippen LogP contribution in [0.4, 0.5) is 5.69 Å². The first kappa shape index (κ1) is 27.3. The number of aromatic nitrogens is 1. The number of nitrogens with one attached hydrogen (secondary N) is 2. The highest BCUT2D eigenvalue weighted by Crippen LogP contribution is 2.38. The van der Waals surface area contributed by atoms with E-state index in [0.29, 0.717) is 42.1 Å². The van der Waals surface area contributed by atoms with E-state index in [0.717, 1.165) is 50.3 Å². The molecule has 4 aliphatic rings. The minimum atomic E-state index is -0.586. The number of amides is 2. The van der Waals surface area contributed by atoms with Crippen LogP contribution in [0.25, 0.3) is 0 Å². The normalized spacial score (nSPS) is 21.2. The maximum atomic E-state index is 14.1. The lowest BCUT2D eigenvalue weighted by atomic mass is 9.75. The van der Waals surface area contributed by atoms with Crippen LogP contribution in [0.3, 0.4) is 0 Å². The standard InChI is InChI=1S/C33H44N4O3/c1-21-29-26(18-33(2,3)19-28(29)38)34-30(21)31(39)35-25(12-10-22-7-8-22)32(40)37-16-13-24-11-9-23(17-27(24)37)20-36-14-5-4-6-15-36/h9,11,17,22,25,34H,4-8,10,12-16,18-20H2,1-3H3,(H,35,39). The summed E-state index contributed by atoms with van der Waals surface area (Å²) in [7, 11) is 0. The number of benzene rings is 1. The molecular formula is C33H44N4O3. The van der Waals surface area contributed by atoms with Gasteiger partial charge in [-0.15, -0.1) is 0 Å². The van der Waals surface area contributed by atoms with Gasteiger partial charge in [0.25, 0.3) is 5.91 Å². The summed E-state index contributed by atoms with van der Waals surface area (Å²) in [5.41, 5.74) is 5.97. The minimum absolute atomic E-state index is 0.0194. The van der Waals surface area contributed by atoms with Gasteiger partial charge in [0.2, 0.25) is 5.91 Å². The van der Waals surface area contributed by atoms with E-state index in [1.165, 1.54) is 43.2 Å². The fourth-order valence-corrected chi connectivity index (χ4v) is 7.07. The number of hydrogen-bond donors (Lipinski definition) is 2. The van der Waals surface area contributed by atoms with E-state index < -0.39 is 6.04 Å². The molecule has 1 saturated carbocycles. The number of piperidine rings is 1. The van der Waals surface area contributed by atoms with Crippen molar-refractivity contribution in [1.82, 2.24) is 15.2 Å². The second kappa shape index (κ2) is 10.8. The molecule has 214 valence electrons. The summed E-state index contributed by atoms with van der Waals surface area (Å²) >= 11 is 0. The number of rotatable bonds is 8. The molecule has 1 aromatic heterocycles. The Hall–Kier alpha value is -2.93. The zero-order valence-corrected chi connectivity index (χ0v) is 24.4. The molecule has 2 amide bonds. The molecule has 2 aliphatic carbocycles. The van der Waals surface area contributed by atoms with Gasteiger partial charge in [0.15, 0.2) is 5.78 Å². The van der Waals surface area contributed by atoms with Crippen LogP contribution in [0.1, 0.15) is 108 Å². The molecule has 3 heterocycles. The molecule has 1 atom stereocenters. The predicted octanol–water partition coefficient (Wildman–Crippen LogP) is 5.34. The third-order valence-electron chi connectivity index (χ3n) is 9.46. The Labute approximate surface area is 238 Å². The van der Waals surface area contributed by atoms with Crippen LogP contribution in [-0.2, 0) is 24.2 Å². The van der Waals surface area contributed by atoms with E-state index in [4.69, 9.17) is 0 Å². The van der Waals surface area contributed by atoms with Crippen LogP contribution in [0.15, 0.2) is 18.2 Å². The average molecular weight is 545 g/mol. The number of carbonyl (C=O) groups excluding carboxylic acids is 3. The molecule has 7 heteroatoms. The number of hydrogen-bond acceptors (Lipinski definition) is 4. The van der Waals surface area contributed by atoms with Gasteiger partial charge in [0.1, 0.15) is 11.7 Å².